The fraction of sp³-hybridized carbons (Fsp3) is 0.455. The molecule has 16 heavy (non-hydrogen) atoms. The minimum Gasteiger partial charge on any atom is -0.480 e. The van der Waals surface area contributed by atoms with E-state index in [1.807, 2.05) is 24.4 Å². The second-order valence-corrected chi connectivity index (χ2v) is 5.08. The van der Waals surface area contributed by atoms with Gasteiger partial charge in [-0.1, -0.05) is 6.07 Å². The Morgan fingerprint density at radius 3 is 2.69 bits per heavy atom. The van der Waals surface area contributed by atoms with E-state index in [9.17, 15) is 9.59 Å². The number of thiophene rings is 1. The van der Waals surface area contributed by atoms with Gasteiger partial charge < -0.3 is 10.4 Å². The van der Waals surface area contributed by atoms with Crippen LogP contribution in [-0.2, 0) is 9.59 Å². The zero-order valence-electron chi connectivity index (χ0n) is 8.90. The standard InChI is InChI=1S/C11H13NO3S/c1-7(8-3-2-6-16-8)12-9(13)11(4-5-11)10(14)15/h2-3,6-7H,4-5H2,1H3,(H,12,13)(H,14,15). The molecule has 0 bridgehead atoms. The van der Waals surface area contributed by atoms with Crippen LogP contribution in [0.15, 0.2) is 17.5 Å². The molecule has 5 heteroatoms. The number of hydrogen-bond donors (Lipinski definition) is 2. The first-order chi connectivity index (χ1) is 7.56. The summed E-state index contributed by atoms with van der Waals surface area (Å²) in [4.78, 5) is 23.8. The van der Waals surface area contributed by atoms with Crippen molar-refractivity contribution in [3.05, 3.63) is 22.4 Å². The molecule has 0 spiro atoms. The Hall–Kier alpha value is -1.36. The van der Waals surface area contributed by atoms with Crippen molar-refractivity contribution in [1.82, 2.24) is 5.32 Å². The number of carboxylic acids is 1. The molecule has 1 heterocycles. The van der Waals surface area contributed by atoms with Crippen LogP contribution in [0.4, 0.5) is 0 Å². The minimum atomic E-state index is -1.15. The number of nitrogens with one attached hydrogen (secondary N) is 1. The van der Waals surface area contributed by atoms with E-state index >= 15 is 0 Å². The Kier molecular flexibility index (Phi) is 2.71. The third kappa shape index (κ3) is 1.82. The van der Waals surface area contributed by atoms with Crippen LogP contribution in [0.1, 0.15) is 30.7 Å². The van der Waals surface area contributed by atoms with Crippen molar-refractivity contribution in [2.75, 3.05) is 0 Å². The number of amides is 1. The number of carbonyl (C=O) groups excluding carboxylic acids is 1. The van der Waals surface area contributed by atoms with Gasteiger partial charge in [0.05, 0.1) is 6.04 Å². The van der Waals surface area contributed by atoms with Gasteiger partial charge in [0.25, 0.3) is 0 Å². The van der Waals surface area contributed by atoms with Gasteiger partial charge in [0.15, 0.2) is 0 Å². The lowest BCUT2D eigenvalue weighted by Gasteiger charge is -2.15. The van der Waals surface area contributed by atoms with Gasteiger partial charge in [0.2, 0.25) is 5.91 Å². The van der Waals surface area contributed by atoms with Gasteiger partial charge in [-0.25, -0.2) is 0 Å². The molecular formula is C11H13NO3S. The van der Waals surface area contributed by atoms with Gasteiger partial charge in [-0.3, -0.25) is 9.59 Å². The number of carboxylic acid groups (broad SMARTS) is 1. The van der Waals surface area contributed by atoms with Crippen LogP contribution in [0.3, 0.4) is 0 Å². The molecule has 0 aliphatic heterocycles. The van der Waals surface area contributed by atoms with E-state index in [0.29, 0.717) is 12.8 Å². The first kappa shape index (κ1) is 11.1. The highest BCUT2D eigenvalue weighted by Crippen LogP contribution is 2.46. The van der Waals surface area contributed by atoms with Gasteiger partial charge in [-0.2, -0.15) is 0 Å². The normalized spacial score (nSPS) is 18.8. The first-order valence-electron chi connectivity index (χ1n) is 5.14. The molecule has 1 saturated carbocycles. The molecule has 1 aliphatic carbocycles. The lowest BCUT2D eigenvalue weighted by atomic mass is 10.1. The van der Waals surface area contributed by atoms with E-state index < -0.39 is 11.4 Å². The van der Waals surface area contributed by atoms with Crippen molar-refractivity contribution in [3.8, 4) is 0 Å². The maximum atomic E-state index is 11.8. The summed E-state index contributed by atoms with van der Waals surface area (Å²) in [6, 6.07) is 3.72. The molecule has 4 nitrogen and oxygen atoms in total. The molecule has 1 fully saturated rings. The van der Waals surface area contributed by atoms with Crippen LogP contribution in [0.5, 0.6) is 0 Å². The zero-order valence-corrected chi connectivity index (χ0v) is 9.71. The summed E-state index contributed by atoms with van der Waals surface area (Å²) >= 11 is 1.55. The van der Waals surface area contributed by atoms with Gasteiger partial charge >= 0.3 is 5.97 Å². The molecule has 2 N–H and O–H groups in total. The topological polar surface area (TPSA) is 66.4 Å². The molecule has 1 aromatic rings. The average Bonchev–Trinajstić information content (AvgIpc) is 2.87. The monoisotopic (exact) mass is 239 g/mol. The van der Waals surface area contributed by atoms with E-state index in [1.165, 1.54) is 0 Å². The fourth-order valence-electron chi connectivity index (χ4n) is 1.61. The summed E-state index contributed by atoms with van der Waals surface area (Å²) in [6.07, 6.45) is 0.899. The molecule has 1 amide bonds. The van der Waals surface area contributed by atoms with E-state index in [1.54, 1.807) is 11.3 Å². The average molecular weight is 239 g/mol. The summed E-state index contributed by atoms with van der Waals surface area (Å²) in [5.41, 5.74) is -1.15. The van der Waals surface area contributed by atoms with Crippen molar-refractivity contribution >= 4 is 23.2 Å². The predicted molar refractivity (Wildman–Crippen MR) is 60.2 cm³/mol. The van der Waals surface area contributed by atoms with Gasteiger partial charge in [-0.15, -0.1) is 11.3 Å². The number of rotatable bonds is 4. The second kappa shape index (κ2) is 3.90. The van der Waals surface area contributed by atoms with Crippen LogP contribution < -0.4 is 5.32 Å². The quantitative estimate of drug-likeness (QED) is 0.787. The highest BCUT2D eigenvalue weighted by molar-refractivity contribution is 7.10. The molecule has 86 valence electrons. The second-order valence-electron chi connectivity index (χ2n) is 4.10. The van der Waals surface area contributed by atoms with Gasteiger partial charge in [-0.05, 0) is 31.2 Å². The summed E-state index contributed by atoms with van der Waals surface area (Å²) in [5.74, 6) is -1.37. The van der Waals surface area contributed by atoms with Crippen molar-refractivity contribution < 1.29 is 14.7 Å². The first-order valence-corrected chi connectivity index (χ1v) is 6.02. The molecule has 1 unspecified atom stereocenters. The summed E-state index contributed by atoms with van der Waals surface area (Å²) in [7, 11) is 0. The van der Waals surface area contributed by atoms with E-state index in [2.05, 4.69) is 5.32 Å². The fourth-order valence-corrected chi connectivity index (χ4v) is 2.34. The molecule has 0 radical (unpaired) electrons. The SMILES string of the molecule is CC(NC(=O)C1(C(=O)O)CC1)c1cccs1. The summed E-state index contributed by atoms with van der Waals surface area (Å²) in [5, 5.41) is 13.6. The number of aliphatic carboxylic acids is 1. The van der Waals surface area contributed by atoms with Gasteiger partial charge in [0.1, 0.15) is 5.41 Å². The van der Waals surface area contributed by atoms with Crippen molar-refractivity contribution in [3.63, 3.8) is 0 Å². The smallest absolute Gasteiger partial charge is 0.319 e. The molecule has 0 aromatic carbocycles. The van der Waals surface area contributed by atoms with E-state index in [0.717, 1.165) is 4.88 Å². The predicted octanol–water partition coefficient (Wildman–Crippen LogP) is 1.79. The molecule has 2 rings (SSSR count). The van der Waals surface area contributed by atoms with Crippen molar-refractivity contribution in [1.29, 1.82) is 0 Å². The van der Waals surface area contributed by atoms with Crippen LogP contribution in [-0.4, -0.2) is 17.0 Å². The molecule has 1 aliphatic rings. The van der Waals surface area contributed by atoms with Crippen LogP contribution in [0.25, 0.3) is 0 Å². The summed E-state index contributed by atoms with van der Waals surface area (Å²) < 4.78 is 0. The third-order valence-electron chi connectivity index (χ3n) is 2.91. The molecule has 1 atom stereocenters. The molecule has 1 aromatic heterocycles. The van der Waals surface area contributed by atoms with Gasteiger partial charge in [0, 0.05) is 4.88 Å². The van der Waals surface area contributed by atoms with E-state index in [-0.39, 0.29) is 11.9 Å². The third-order valence-corrected chi connectivity index (χ3v) is 3.97. The lowest BCUT2D eigenvalue weighted by molar-refractivity contribution is -0.149. The zero-order chi connectivity index (χ0) is 11.8. The largest absolute Gasteiger partial charge is 0.480 e. The molecule has 0 saturated heterocycles. The Balaban J connectivity index is 2.01. The van der Waals surface area contributed by atoms with Crippen LogP contribution in [0.2, 0.25) is 0 Å². The van der Waals surface area contributed by atoms with Crippen molar-refractivity contribution in [2.45, 2.75) is 25.8 Å². The molecular weight excluding hydrogens is 226 g/mol. The maximum Gasteiger partial charge on any atom is 0.319 e. The van der Waals surface area contributed by atoms with Crippen molar-refractivity contribution in [2.24, 2.45) is 5.41 Å². The Morgan fingerprint density at radius 2 is 2.25 bits per heavy atom. The highest BCUT2D eigenvalue weighted by Gasteiger charge is 2.57. The number of carbonyl (C=O) groups is 2. The Morgan fingerprint density at radius 1 is 1.56 bits per heavy atom. The highest BCUT2D eigenvalue weighted by atomic mass is 32.1. The maximum absolute atomic E-state index is 11.8. The summed E-state index contributed by atoms with van der Waals surface area (Å²) in [6.45, 7) is 1.86. The van der Waals surface area contributed by atoms with Crippen LogP contribution >= 0.6 is 11.3 Å². The Bertz CT molecular complexity index is 409. The van der Waals surface area contributed by atoms with E-state index in [4.69, 9.17) is 5.11 Å². The lowest BCUT2D eigenvalue weighted by Crippen LogP contribution is -2.38. The van der Waals surface area contributed by atoms with Crippen LogP contribution in [0, 0.1) is 5.41 Å². The minimum absolute atomic E-state index is 0.121. The Labute approximate surface area is 97.3 Å². The number of hydrogen-bond acceptors (Lipinski definition) is 3.